The van der Waals surface area contributed by atoms with Gasteiger partial charge in [-0.2, -0.15) is 0 Å². The number of fused-ring (bicyclic) bond motifs is 1. The maximum Gasteiger partial charge on any atom is 0.139 e. The summed E-state index contributed by atoms with van der Waals surface area (Å²) in [6.07, 6.45) is 1.58. The molecule has 0 aliphatic heterocycles. The van der Waals surface area contributed by atoms with Crippen molar-refractivity contribution in [1.29, 1.82) is 0 Å². The minimum atomic E-state index is 0.108. The Morgan fingerprint density at radius 2 is 2.33 bits per heavy atom. The second-order valence-electron chi connectivity index (χ2n) is 2.63. The first kappa shape index (κ1) is 7.43. The monoisotopic (exact) mass is 182 g/mol. The van der Waals surface area contributed by atoms with Gasteiger partial charge < -0.3 is 10.1 Å². The van der Waals surface area contributed by atoms with E-state index in [1.54, 1.807) is 19.3 Å². The van der Waals surface area contributed by atoms with Crippen molar-refractivity contribution in [3.8, 4) is 5.75 Å². The summed E-state index contributed by atoms with van der Waals surface area (Å²) < 4.78 is 0. The molecule has 0 bridgehead atoms. The Hall–Kier alpha value is -1.22. The third kappa shape index (κ3) is 0.865. The molecule has 2 aromatic rings. The van der Waals surface area contributed by atoms with Gasteiger partial charge in [-0.05, 0) is 13.0 Å². The van der Waals surface area contributed by atoms with Crippen molar-refractivity contribution in [2.75, 3.05) is 0 Å². The summed E-state index contributed by atoms with van der Waals surface area (Å²) in [6, 6.07) is 1.66. The highest BCUT2D eigenvalue weighted by Crippen LogP contribution is 2.31. The van der Waals surface area contributed by atoms with Gasteiger partial charge in [0.15, 0.2) is 0 Å². The number of nitrogens with zero attached hydrogens (tertiary/aromatic N) is 1. The number of aromatic nitrogens is 2. The zero-order chi connectivity index (χ0) is 8.72. The molecule has 1 heterocycles. The van der Waals surface area contributed by atoms with E-state index in [2.05, 4.69) is 9.97 Å². The molecule has 0 fully saturated rings. The van der Waals surface area contributed by atoms with E-state index in [0.29, 0.717) is 10.6 Å². The van der Waals surface area contributed by atoms with E-state index in [-0.39, 0.29) is 5.75 Å². The number of phenols is 1. The molecule has 62 valence electrons. The number of halogens is 1. The predicted octanol–water partition coefficient (Wildman–Crippen LogP) is 2.23. The number of nitrogens with one attached hydrogen (secondary N) is 1. The normalized spacial score (nSPS) is 10.8. The predicted molar refractivity (Wildman–Crippen MR) is 47.5 cm³/mol. The van der Waals surface area contributed by atoms with Crippen molar-refractivity contribution in [2.24, 2.45) is 0 Å². The highest BCUT2D eigenvalue weighted by atomic mass is 35.5. The van der Waals surface area contributed by atoms with E-state index < -0.39 is 0 Å². The topological polar surface area (TPSA) is 48.9 Å². The second-order valence-corrected chi connectivity index (χ2v) is 3.04. The molecule has 0 aliphatic rings. The molecule has 2 rings (SSSR count). The zero-order valence-corrected chi connectivity index (χ0v) is 7.18. The van der Waals surface area contributed by atoms with Crippen LogP contribution >= 0.6 is 11.6 Å². The van der Waals surface area contributed by atoms with Crippen LogP contribution in [0.2, 0.25) is 5.02 Å². The maximum atomic E-state index is 9.44. The molecule has 3 nitrogen and oxygen atoms in total. The third-order valence-electron chi connectivity index (χ3n) is 1.88. The molecule has 0 radical (unpaired) electrons. The number of aromatic hydroxyl groups is 1. The van der Waals surface area contributed by atoms with Gasteiger partial charge in [-0.1, -0.05) is 11.6 Å². The Kier molecular flexibility index (Phi) is 1.48. The summed E-state index contributed by atoms with van der Waals surface area (Å²) in [6.45, 7) is 1.78. The first-order valence-electron chi connectivity index (χ1n) is 3.51. The number of aryl methyl sites for hydroxylation is 1. The summed E-state index contributed by atoms with van der Waals surface area (Å²) in [5.74, 6) is 0.108. The quantitative estimate of drug-likeness (QED) is 0.657. The van der Waals surface area contributed by atoms with Gasteiger partial charge in [-0.15, -0.1) is 0 Å². The van der Waals surface area contributed by atoms with Gasteiger partial charge in [0.05, 0.1) is 22.4 Å². The molecule has 2 N–H and O–H groups in total. The molecule has 12 heavy (non-hydrogen) atoms. The molecule has 1 aromatic carbocycles. The van der Waals surface area contributed by atoms with Crippen molar-refractivity contribution >= 4 is 22.6 Å². The molecule has 0 atom stereocenters. The summed E-state index contributed by atoms with van der Waals surface area (Å²) in [4.78, 5) is 6.97. The number of imidazole rings is 1. The van der Waals surface area contributed by atoms with Crippen LogP contribution in [-0.4, -0.2) is 15.1 Å². The van der Waals surface area contributed by atoms with Crippen molar-refractivity contribution in [2.45, 2.75) is 6.92 Å². The number of benzene rings is 1. The van der Waals surface area contributed by atoms with Crippen molar-refractivity contribution in [3.05, 3.63) is 23.0 Å². The van der Waals surface area contributed by atoms with Gasteiger partial charge in [-0.25, -0.2) is 4.98 Å². The van der Waals surface area contributed by atoms with E-state index in [1.807, 2.05) is 0 Å². The van der Waals surface area contributed by atoms with Crippen LogP contribution < -0.4 is 0 Å². The number of aromatic amines is 1. The molecule has 0 spiro atoms. The average molecular weight is 183 g/mol. The van der Waals surface area contributed by atoms with Gasteiger partial charge in [0.2, 0.25) is 0 Å². The summed E-state index contributed by atoms with van der Waals surface area (Å²) in [5, 5.41) is 9.79. The lowest BCUT2D eigenvalue weighted by atomic mass is 10.2. The van der Waals surface area contributed by atoms with Crippen LogP contribution in [0.3, 0.4) is 0 Å². The van der Waals surface area contributed by atoms with E-state index in [9.17, 15) is 5.11 Å². The third-order valence-corrected chi connectivity index (χ3v) is 2.16. The van der Waals surface area contributed by atoms with Gasteiger partial charge >= 0.3 is 0 Å². The Balaban J connectivity index is 2.94. The van der Waals surface area contributed by atoms with Crippen LogP contribution in [0.25, 0.3) is 11.0 Å². The van der Waals surface area contributed by atoms with Crippen LogP contribution in [0, 0.1) is 6.92 Å². The Labute approximate surface area is 74.0 Å². The number of rotatable bonds is 0. The Morgan fingerprint density at radius 1 is 1.58 bits per heavy atom. The van der Waals surface area contributed by atoms with Gasteiger partial charge in [0.1, 0.15) is 5.75 Å². The van der Waals surface area contributed by atoms with E-state index >= 15 is 0 Å². The van der Waals surface area contributed by atoms with Gasteiger partial charge in [0, 0.05) is 5.56 Å². The minimum absolute atomic E-state index is 0.108. The van der Waals surface area contributed by atoms with Crippen LogP contribution in [0.5, 0.6) is 5.75 Å². The molecule has 1 aromatic heterocycles. The zero-order valence-electron chi connectivity index (χ0n) is 6.43. The van der Waals surface area contributed by atoms with Crippen LogP contribution in [0.15, 0.2) is 12.4 Å². The van der Waals surface area contributed by atoms with E-state index in [1.165, 1.54) is 0 Å². The highest BCUT2D eigenvalue weighted by molar-refractivity contribution is 6.32. The number of hydrogen-bond donors (Lipinski definition) is 2. The fourth-order valence-electron chi connectivity index (χ4n) is 1.20. The Morgan fingerprint density at radius 3 is 3.08 bits per heavy atom. The van der Waals surface area contributed by atoms with Crippen LogP contribution in [0.4, 0.5) is 0 Å². The molecule has 0 aliphatic carbocycles. The lowest BCUT2D eigenvalue weighted by molar-refractivity contribution is 0.472. The largest absolute Gasteiger partial charge is 0.506 e. The standard InChI is InChI=1S/C8H7ClN2O/c1-4-7-6(10-3-11-7)2-5(9)8(4)12/h2-3,12H,1H3,(H,10,11). The number of phenolic OH excluding ortho intramolecular Hbond substituents is 1. The highest BCUT2D eigenvalue weighted by Gasteiger charge is 2.08. The molecule has 0 saturated carbocycles. The van der Waals surface area contributed by atoms with Crippen LogP contribution in [-0.2, 0) is 0 Å². The fraction of sp³-hybridized carbons (Fsp3) is 0.125. The van der Waals surface area contributed by atoms with Crippen molar-refractivity contribution < 1.29 is 5.11 Å². The molecular weight excluding hydrogens is 176 g/mol. The molecule has 4 heteroatoms. The first-order chi connectivity index (χ1) is 5.70. The fourth-order valence-corrected chi connectivity index (χ4v) is 1.45. The maximum absolute atomic E-state index is 9.44. The second kappa shape index (κ2) is 2.38. The molecule has 0 unspecified atom stereocenters. The minimum Gasteiger partial charge on any atom is -0.506 e. The smallest absolute Gasteiger partial charge is 0.139 e. The molecule has 0 saturated heterocycles. The summed E-state index contributed by atoms with van der Waals surface area (Å²) in [5.41, 5.74) is 2.31. The SMILES string of the molecule is Cc1c(O)c(Cl)cc2[nH]cnc12. The van der Waals surface area contributed by atoms with E-state index in [0.717, 1.165) is 11.0 Å². The lowest BCUT2D eigenvalue weighted by Crippen LogP contribution is -1.79. The van der Waals surface area contributed by atoms with Crippen molar-refractivity contribution in [1.82, 2.24) is 9.97 Å². The van der Waals surface area contributed by atoms with Crippen LogP contribution in [0.1, 0.15) is 5.56 Å². The van der Waals surface area contributed by atoms with E-state index in [4.69, 9.17) is 11.6 Å². The summed E-state index contributed by atoms with van der Waals surface area (Å²) >= 11 is 5.75. The molecular formula is C8H7ClN2O. The summed E-state index contributed by atoms with van der Waals surface area (Å²) in [7, 11) is 0. The average Bonchev–Trinajstić information content (AvgIpc) is 2.48. The van der Waals surface area contributed by atoms with Gasteiger partial charge in [0.25, 0.3) is 0 Å². The number of hydrogen-bond acceptors (Lipinski definition) is 2. The lowest BCUT2D eigenvalue weighted by Gasteiger charge is -2.00. The van der Waals surface area contributed by atoms with Gasteiger partial charge in [-0.3, -0.25) is 0 Å². The molecule has 0 amide bonds. The Bertz CT molecular complexity index is 436. The number of H-pyrrole nitrogens is 1. The van der Waals surface area contributed by atoms with Crippen molar-refractivity contribution in [3.63, 3.8) is 0 Å². The first-order valence-corrected chi connectivity index (χ1v) is 3.89.